The zero-order valence-electron chi connectivity index (χ0n) is 10.2. The highest BCUT2D eigenvalue weighted by Crippen LogP contribution is 2.39. The smallest absolute Gasteiger partial charge is 0.0844 e. The molecule has 0 amide bonds. The Kier molecular flexibility index (Phi) is 3.57. The van der Waals surface area contributed by atoms with Gasteiger partial charge in [-0.15, -0.1) is 0 Å². The third kappa shape index (κ3) is 2.41. The average molecular weight is 227 g/mol. The van der Waals surface area contributed by atoms with E-state index in [1.807, 2.05) is 6.92 Å². The normalized spacial score (nSPS) is 30.8. The number of aliphatic hydroxyl groups is 2. The number of hydrogen-bond acceptors (Lipinski definition) is 3. The second kappa shape index (κ2) is 4.63. The van der Waals surface area contributed by atoms with Crippen LogP contribution in [0.2, 0.25) is 0 Å². The predicted octanol–water partition coefficient (Wildman–Crippen LogP) is 1.42. The van der Waals surface area contributed by atoms with Crippen molar-refractivity contribution in [2.24, 2.45) is 17.6 Å². The Morgan fingerprint density at radius 2 is 1.69 bits per heavy atom. The Morgan fingerprint density at radius 1 is 1.12 bits per heavy atom. The first kappa shape index (κ1) is 12.3. The van der Waals surface area contributed by atoms with Gasteiger partial charge in [-0.2, -0.15) is 0 Å². The fourth-order valence-corrected chi connectivity index (χ4v) is 3.02. The number of aliphatic hydroxyl groups excluding tert-OH is 2. The SMILES string of the molecule is C[C@H]([C@@H](O)[C@@H](O)C1CC1)C1(N)CCCCC1. The molecule has 2 saturated carbocycles. The van der Waals surface area contributed by atoms with Crippen LogP contribution in [-0.2, 0) is 0 Å². The molecule has 0 radical (unpaired) electrons. The third-order valence-corrected chi connectivity index (χ3v) is 4.66. The van der Waals surface area contributed by atoms with Gasteiger partial charge < -0.3 is 15.9 Å². The Labute approximate surface area is 98.0 Å². The molecule has 3 atom stereocenters. The summed E-state index contributed by atoms with van der Waals surface area (Å²) in [7, 11) is 0. The molecule has 0 saturated heterocycles. The van der Waals surface area contributed by atoms with Gasteiger partial charge >= 0.3 is 0 Å². The highest BCUT2D eigenvalue weighted by atomic mass is 16.3. The average Bonchev–Trinajstić information content (AvgIpc) is 3.11. The van der Waals surface area contributed by atoms with Crippen molar-refractivity contribution in [2.45, 2.75) is 69.6 Å². The summed E-state index contributed by atoms with van der Waals surface area (Å²) in [5.41, 5.74) is 6.13. The van der Waals surface area contributed by atoms with Crippen LogP contribution in [0.4, 0.5) is 0 Å². The van der Waals surface area contributed by atoms with E-state index in [9.17, 15) is 10.2 Å². The fraction of sp³-hybridized carbons (Fsp3) is 1.00. The van der Waals surface area contributed by atoms with Crippen molar-refractivity contribution in [3.8, 4) is 0 Å². The van der Waals surface area contributed by atoms with Crippen molar-refractivity contribution in [3.05, 3.63) is 0 Å². The monoisotopic (exact) mass is 227 g/mol. The molecule has 2 rings (SSSR count). The summed E-state index contributed by atoms with van der Waals surface area (Å²) in [5.74, 6) is 0.327. The molecule has 94 valence electrons. The number of rotatable bonds is 4. The molecule has 2 aliphatic carbocycles. The van der Waals surface area contributed by atoms with Gasteiger partial charge in [0, 0.05) is 11.5 Å². The molecule has 3 heteroatoms. The summed E-state index contributed by atoms with van der Waals surface area (Å²) in [6.07, 6.45) is 6.47. The maximum absolute atomic E-state index is 10.2. The highest BCUT2D eigenvalue weighted by molar-refractivity contribution is 4.98. The molecule has 3 nitrogen and oxygen atoms in total. The van der Waals surface area contributed by atoms with E-state index < -0.39 is 12.2 Å². The van der Waals surface area contributed by atoms with E-state index in [0.29, 0.717) is 5.92 Å². The minimum absolute atomic E-state index is 0.00315. The van der Waals surface area contributed by atoms with E-state index in [1.165, 1.54) is 6.42 Å². The number of hydrogen-bond donors (Lipinski definition) is 3. The molecule has 0 spiro atoms. The molecule has 0 aromatic rings. The first-order chi connectivity index (χ1) is 7.54. The Balaban J connectivity index is 1.95. The minimum atomic E-state index is -0.643. The molecule has 0 aliphatic heterocycles. The standard InChI is InChI=1S/C13H25NO2/c1-9(11(15)12(16)10-5-6-10)13(14)7-3-2-4-8-13/h9-12,15-16H,2-8,14H2,1H3/t9-,11-,12+/m1/s1. The van der Waals surface area contributed by atoms with Gasteiger partial charge in [-0.25, -0.2) is 0 Å². The first-order valence-corrected chi connectivity index (χ1v) is 6.69. The molecule has 0 unspecified atom stereocenters. The van der Waals surface area contributed by atoms with Crippen LogP contribution in [0.15, 0.2) is 0 Å². The second-order valence-corrected chi connectivity index (χ2v) is 5.90. The van der Waals surface area contributed by atoms with Crippen molar-refractivity contribution in [2.75, 3.05) is 0 Å². The van der Waals surface area contributed by atoms with Crippen LogP contribution in [0.3, 0.4) is 0 Å². The van der Waals surface area contributed by atoms with E-state index in [-0.39, 0.29) is 11.5 Å². The van der Waals surface area contributed by atoms with Gasteiger partial charge in [-0.05, 0) is 31.6 Å². The lowest BCUT2D eigenvalue weighted by Gasteiger charge is -2.42. The molecule has 2 aliphatic rings. The van der Waals surface area contributed by atoms with Crippen LogP contribution in [0.1, 0.15) is 51.9 Å². The van der Waals surface area contributed by atoms with Crippen molar-refractivity contribution in [1.82, 2.24) is 0 Å². The van der Waals surface area contributed by atoms with Crippen molar-refractivity contribution < 1.29 is 10.2 Å². The van der Waals surface area contributed by atoms with Crippen LogP contribution >= 0.6 is 0 Å². The van der Waals surface area contributed by atoms with Crippen molar-refractivity contribution in [1.29, 1.82) is 0 Å². The second-order valence-electron chi connectivity index (χ2n) is 5.90. The maximum atomic E-state index is 10.2. The third-order valence-electron chi connectivity index (χ3n) is 4.66. The molecular weight excluding hydrogens is 202 g/mol. The quantitative estimate of drug-likeness (QED) is 0.680. The van der Waals surface area contributed by atoms with Gasteiger partial charge in [0.15, 0.2) is 0 Å². The summed E-state index contributed by atoms with van der Waals surface area (Å²) < 4.78 is 0. The van der Waals surface area contributed by atoms with Gasteiger partial charge in [-0.1, -0.05) is 26.2 Å². The van der Waals surface area contributed by atoms with Gasteiger partial charge in [0.25, 0.3) is 0 Å². The molecule has 2 fully saturated rings. The summed E-state index contributed by atoms with van der Waals surface area (Å²) in [4.78, 5) is 0. The van der Waals surface area contributed by atoms with Gasteiger partial charge in [0.05, 0.1) is 12.2 Å². The molecule has 0 aromatic heterocycles. The summed E-state index contributed by atoms with van der Waals surface area (Å²) in [6, 6.07) is 0. The lowest BCUT2D eigenvalue weighted by molar-refractivity contribution is -0.0495. The van der Waals surface area contributed by atoms with Crippen LogP contribution in [-0.4, -0.2) is 28.0 Å². The summed E-state index contributed by atoms with van der Waals surface area (Å²) in [6.45, 7) is 2.00. The molecule has 0 heterocycles. The molecule has 4 N–H and O–H groups in total. The first-order valence-electron chi connectivity index (χ1n) is 6.69. The van der Waals surface area contributed by atoms with E-state index in [1.54, 1.807) is 0 Å². The predicted molar refractivity (Wildman–Crippen MR) is 63.9 cm³/mol. The zero-order valence-corrected chi connectivity index (χ0v) is 10.2. The number of nitrogens with two attached hydrogens (primary N) is 1. The lowest BCUT2D eigenvalue weighted by Crippen LogP contribution is -2.54. The van der Waals surface area contributed by atoms with Crippen LogP contribution < -0.4 is 5.73 Å². The zero-order chi connectivity index (χ0) is 11.8. The molecule has 0 aromatic carbocycles. The van der Waals surface area contributed by atoms with Gasteiger partial charge in [-0.3, -0.25) is 0 Å². The summed E-state index contributed by atoms with van der Waals surface area (Å²) >= 11 is 0. The molecule has 16 heavy (non-hydrogen) atoms. The fourth-order valence-electron chi connectivity index (χ4n) is 3.02. The van der Waals surface area contributed by atoms with Gasteiger partial charge in [0.1, 0.15) is 0 Å². The highest BCUT2D eigenvalue weighted by Gasteiger charge is 2.43. The van der Waals surface area contributed by atoms with Crippen molar-refractivity contribution in [3.63, 3.8) is 0 Å². The van der Waals surface area contributed by atoms with E-state index in [0.717, 1.165) is 38.5 Å². The van der Waals surface area contributed by atoms with Crippen molar-refractivity contribution >= 4 is 0 Å². The van der Waals surface area contributed by atoms with Gasteiger partial charge in [0.2, 0.25) is 0 Å². The maximum Gasteiger partial charge on any atom is 0.0844 e. The lowest BCUT2D eigenvalue weighted by atomic mass is 9.71. The van der Waals surface area contributed by atoms with E-state index >= 15 is 0 Å². The van der Waals surface area contributed by atoms with Crippen LogP contribution in [0.5, 0.6) is 0 Å². The minimum Gasteiger partial charge on any atom is -0.390 e. The molecular formula is C13H25NO2. The van der Waals surface area contributed by atoms with Crippen LogP contribution in [0, 0.1) is 11.8 Å². The molecule has 0 bridgehead atoms. The Bertz CT molecular complexity index is 234. The summed E-state index contributed by atoms with van der Waals surface area (Å²) in [5, 5.41) is 20.2. The topological polar surface area (TPSA) is 66.5 Å². The van der Waals surface area contributed by atoms with Crippen LogP contribution in [0.25, 0.3) is 0 Å². The van der Waals surface area contributed by atoms with E-state index in [4.69, 9.17) is 5.73 Å². The van der Waals surface area contributed by atoms with E-state index in [2.05, 4.69) is 0 Å². The Morgan fingerprint density at radius 3 is 2.19 bits per heavy atom. The largest absolute Gasteiger partial charge is 0.390 e. The Hall–Kier alpha value is -0.120.